The minimum absolute atomic E-state index is 0.195. The van der Waals surface area contributed by atoms with Crippen LogP contribution in [0.2, 0.25) is 0 Å². The average molecular weight is 170 g/mol. The molecule has 0 aliphatic rings. The fourth-order valence-corrected chi connectivity index (χ4v) is 1.78. The van der Waals surface area contributed by atoms with E-state index in [9.17, 15) is 0 Å². The summed E-state index contributed by atoms with van der Waals surface area (Å²) < 4.78 is 0. The van der Waals surface area contributed by atoms with Gasteiger partial charge in [-0.3, -0.25) is 0 Å². The maximum Gasteiger partial charge on any atom is 0.0971 e. The standard InChI is InChI=1S/C8H14N2S/c1-5-4-11-8(10-5)6(2)7(3)9/h4,6-7H,9H2,1-3H3. The summed E-state index contributed by atoms with van der Waals surface area (Å²) in [5, 5.41) is 3.21. The first-order valence-electron chi connectivity index (χ1n) is 3.79. The molecule has 1 heterocycles. The van der Waals surface area contributed by atoms with Crippen molar-refractivity contribution in [1.29, 1.82) is 0 Å². The van der Waals surface area contributed by atoms with Crippen LogP contribution in [0, 0.1) is 6.92 Å². The van der Waals surface area contributed by atoms with Gasteiger partial charge in [0.15, 0.2) is 0 Å². The highest BCUT2D eigenvalue weighted by molar-refractivity contribution is 7.09. The topological polar surface area (TPSA) is 38.9 Å². The molecule has 0 amide bonds. The molecule has 2 unspecified atom stereocenters. The number of hydrogen-bond donors (Lipinski definition) is 1. The van der Waals surface area contributed by atoms with Crippen molar-refractivity contribution in [3.8, 4) is 0 Å². The Balaban J connectivity index is 2.76. The fraction of sp³-hybridized carbons (Fsp3) is 0.625. The van der Waals surface area contributed by atoms with Crippen LogP contribution in [0.1, 0.15) is 30.5 Å². The lowest BCUT2D eigenvalue weighted by atomic mass is 10.1. The summed E-state index contributed by atoms with van der Waals surface area (Å²) in [4.78, 5) is 4.37. The molecule has 0 aliphatic carbocycles. The maximum atomic E-state index is 5.74. The molecule has 2 nitrogen and oxygen atoms in total. The second-order valence-corrected chi connectivity index (χ2v) is 3.86. The lowest BCUT2D eigenvalue weighted by molar-refractivity contribution is 0.609. The van der Waals surface area contributed by atoms with E-state index in [0.29, 0.717) is 5.92 Å². The molecule has 0 bridgehead atoms. The SMILES string of the molecule is Cc1csc(C(C)C(C)N)n1. The Hall–Kier alpha value is -0.410. The van der Waals surface area contributed by atoms with E-state index in [1.807, 2.05) is 13.8 Å². The third-order valence-corrected chi connectivity index (χ3v) is 2.98. The molecule has 11 heavy (non-hydrogen) atoms. The number of thiazole rings is 1. The zero-order chi connectivity index (χ0) is 8.43. The molecule has 0 saturated heterocycles. The Labute approximate surface area is 71.5 Å². The first kappa shape index (κ1) is 8.68. The van der Waals surface area contributed by atoms with Gasteiger partial charge < -0.3 is 5.73 Å². The van der Waals surface area contributed by atoms with Gasteiger partial charge in [-0.25, -0.2) is 4.98 Å². The van der Waals surface area contributed by atoms with E-state index in [1.165, 1.54) is 0 Å². The van der Waals surface area contributed by atoms with Crippen molar-refractivity contribution in [3.05, 3.63) is 16.1 Å². The predicted octanol–water partition coefficient (Wildman–Crippen LogP) is 1.90. The van der Waals surface area contributed by atoms with Gasteiger partial charge in [-0.1, -0.05) is 6.92 Å². The summed E-state index contributed by atoms with van der Waals surface area (Å²) in [5.41, 5.74) is 6.84. The van der Waals surface area contributed by atoms with Crippen LogP contribution < -0.4 is 5.73 Å². The average Bonchev–Trinajstić information content (AvgIpc) is 2.34. The van der Waals surface area contributed by atoms with E-state index in [1.54, 1.807) is 11.3 Å². The normalized spacial score (nSPS) is 16.4. The second-order valence-electron chi connectivity index (χ2n) is 2.97. The van der Waals surface area contributed by atoms with Crippen LogP contribution in [0.4, 0.5) is 0 Å². The van der Waals surface area contributed by atoms with Crippen LogP contribution in [0.3, 0.4) is 0 Å². The zero-order valence-electron chi connectivity index (χ0n) is 7.16. The Bertz CT molecular complexity index is 230. The lowest BCUT2D eigenvalue weighted by Crippen LogP contribution is -2.22. The molecule has 0 aliphatic heterocycles. The van der Waals surface area contributed by atoms with E-state index >= 15 is 0 Å². The molecular weight excluding hydrogens is 156 g/mol. The number of aryl methyl sites for hydroxylation is 1. The number of hydrogen-bond acceptors (Lipinski definition) is 3. The predicted molar refractivity (Wildman–Crippen MR) is 48.9 cm³/mol. The molecular formula is C8H14N2S. The monoisotopic (exact) mass is 170 g/mol. The first-order chi connectivity index (χ1) is 5.11. The second kappa shape index (κ2) is 3.32. The molecule has 0 saturated carbocycles. The summed E-state index contributed by atoms with van der Waals surface area (Å²) in [6.45, 7) is 6.14. The third-order valence-electron chi connectivity index (χ3n) is 1.81. The summed E-state index contributed by atoms with van der Waals surface area (Å²) in [6.07, 6.45) is 0. The molecule has 0 radical (unpaired) electrons. The number of nitrogens with two attached hydrogens (primary N) is 1. The van der Waals surface area contributed by atoms with E-state index in [-0.39, 0.29) is 6.04 Å². The van der Waals surface area contributed by atoms with Crippen LogP contribution in [0.5, 0.6) is 0 Å². The van der Waals surface area contributed by atoms with Crippen molar-refractivity contribution >= 4 is 11.3 Å². The van der Waals surface area contributed by atoms with Gasteiger partial charge in [0.25, 0.3) is 0 Å². The van der Waals surface area contributed by atoms with Crippen molar-refractivity contribution in [3.63, 3.8) is 0 Å². The van der Waals surface area contributed by atoms with E-state index in [0.717, 1.165) is 10.7 Å². The molecule has 0 spiro atoms. The van der Waals surface area contributed by atoms with Gasteiger partial charge in [0.1, 0.15) is 0 Å². The lowest BCUT2D eigenvalue weighted by Gasteiger charge is -2.11. The van der Waals surface area contributed by atoms with Gasteiger partial charge in [0.2, 0.25) is 0 Å². The van der Waals surface area contributed by atoms with Crippen LogP contribution in [0.15, 0.2) is 5.38 Å². The molecule has 2 atom stereocenters. The highest BCUT2D eigenvalue weighted by atomic mass is 32.1. The summed E-state index contributed by atoms with van der Waals surface area (Å²) in [7, 11) is 0. The Kier molecular flexibility index (Phi) is 2.62. The quantitative estimate of drug-likeness (QED) is 0.736. The highest BCUT2D eigenvalue weighted by Gasteiger charge is 2.12. The molecule has 0 fully saturated rings. The van der Waals surface area contributed by atoms with Crippen LogP contribution in [-0.2, 0) is 0 Å². The van der Waals surface area contributed by atoms with E-state index in [2.05, 4.69) is 17.3 Å². The van der Waals surface area contributed by atoms with E-state index < -0.39 is 0 Å². The minimum Gasteiger partial charge on any atom is -0.327 e. The molecule has 0 aromatic carbocycles. The smallest absolute Gasteiger partial charge is 0.0971 e. The van der Waals surface area contributed by atoms with Crippen molar-refractivity contribution in [2.75, 3.05) is 0 Å². The molecule has 1 aromatic rings. The van der Waals surface area contributed by atoms with Crippen molar-refractivity contribution in [2.24, 2.45) is 5.73 Å². The molecule has 62 valence electrons. The molecule has 3 heteroatoms. The highest BCUT2D eigenvalue weighted by Crippen LogP contribution is 2.21. The molecule has 1 aromatic heterocycles. The Morgan fingerprint density at radius 2 is 2.18 bits per heavy atom. The molecule has 2 N–H and O–H groups in total. The summed E-state index contributed by atoms with van der Waals surface area (Å²) >= 11 is 1.69. The van der Waals surface area contributed by atoms with Crippen molar-refractivity contribution in [1.82, 2.24) is 4.98 Å². The van der Waals surface area contributed by atoms with Crippen molar-refractivity contribution < 1.29 is 0 Å². The van der Waals surface area contributed by atoms with Gasteiger partial charge >= 0.3 is 0 Å². The van der Waals surface area contributed by atoms with E-state index in [4.69, 9.17) is 5.73 Å². The first-order valence-corrected chi connectivity index (χ1v) is 4.67. The summed E-state index contributed by atoms with van der Waals surface area (Å²) in [5.74, 6) is 0.383. The summed E-state index contributed by atoms with van der Waals surface area (Å²) in [6, 6.07) is 0.195. The van der Waals surface area contributed by atoms with Crippen LogP contribution >= 0.6 is 11.3 Å². The number of aromatic nitrogens is 1. The Morgan fingerprint density at radius 3 is 2.55 bits per heavy atom. The van der Waals surface area contributed by atoms with Gasteiger partial charge in [-0.15, -0.1) is 11.3 Å². The van der Waals surface area contributed by atoms with Gasteiger partial charge in [0.05, 0.1) is 5.01 Å². The molecule has 1 rings (SSSR count). The van der Waals surface area contributed by atoms with Crippen molar-refractivity contribution in [2.45, 2.75) is 32.7 Å². The Morgan fingerprint density at radius 1 is 1.55 bits per heavy atom. The maximum absolute atomic E-state index is 5.74. The third kappa shape index (κ3) is 2.01. The number of nitrogens with zero attached hydrogens (tertiary/aromatic N) is 1. The van der Waals surface area contributed by atoms with Gasteiger partial charge in [-0.2, -0.15) is 0 Å². The fourth-order valence-electron chi connectivity index (χ4n) is 0.806. The van der Waals surface area contributed by atoms with Gasteiger partial charge in [-0.05, 0) is 13.8 Å². The van der Waals surface area contributed by atoms with Gasteiger partial charge in [0, 0.05) is 23.0 Å². The van der Waals surface area contributed by atoms with Crippen LogP contribution in [-0.4, -0.2) is 11.0 Å². The van der Waals surface area contributed by atoms with Crippen LogP contribution in [0.25, 0.3) is 0 Å². The largest absolute Gasteiger partial charge is 0.327 e. The minimum atomic E-state index is 0.195. The zero-order valence-corrected chi connectivity index (χ0v) is 7.98. The number of rotatable bonds is 2.